The first-order valence-electron chi connectivity index (χ1n) is 11.0. The average Bonchev–Trinajstić information content (AvgIpc) is 2.83. The molecule has 0 spiro atoms. The van der Waals surface area contributed by atoms with E-state index in [2.05, 4.69) is 61.3 Å². The minimum Gasteiger partial charge on any atom is -0.493 e. The van der Waals surface area contributed by atoms with Gasteiger partial charge in [0.1, 0.15) is 0 Å². The second-order valence-electron chi connectivity index (χ2n) is 8.42. The van der Waals surface area contributed by atoms with Crippen molar-refractivity contribution in [1.29, 1.82) is 0 Å². The van der Waals surface area contributed by atoms with Gasteiger partial charge in [-0.1, -0.05) is 83.9 Å². The van der Waals surface area contributed by atoms with Crippen LogP contribution in [0, 0.1) is 13.8 Å². The van der Waals surface area contributed by atoms with Crippen LogP contribution >= 0.6 is 0 Å². The fourth-order valence-corrected chi connectivity index (χ4v) is 4.34. The van der Waals surface area contributed by atoms with Gasteiger partial charge in [0.2, 0.25) is 5.88 Å². The molecule has 0 amide bonds. The van der Waals surface area contributed by atoms with Gasteiger partial charge in [-0.2, -0.15) is 0 Å². The van der Waals surface area contributed by atoms with Crippen LogP contribution in [0.4, 0.5) is 0 Å². The van der Waals surface area contributed by atoms with E-state index < -0.39 is 0 Å². The molecular formula is C29H25N3O. The zero-order chi connectivity index (χ0) is 22.9. The van der Waals surface area contributed by atoms with Crippen molar-refractivity contribution in [3.05, 3.63) is 102 Å². The molecule has 0 aliphatic rings. The second-order valence-corrected chi connectivity index (χ2v) is 8.42. The number of hydrogen-bond donors (Lipinski definition) is 2. The zero-order valence-corrected chi connectivity index (χ0v) is 18.7. The van der Waals surface area contributed by atoms with Crippen LogP contribution in [-0.2, 0) is 6.54 Å². The molecule has 0 aliphatic carbocycles. The lowest BCUT2D eigenvalue weighted by Crippen LogP contribution is -1.97. The van der Waals surface area contributed by atoms with Crippen molar-refractivity contribution in [3.63, 3.8) is 0 Å². The van der Waals surface area contributed by atoms with Crippen LogP contribution in [0.2, 0.25) is 0 Å². The Morgan fingerprint density at radius 1 is 0.758 bits per heavy atom. The monoisotopic (exact) mass is 431 g/mol. The molecule has 3 N–H and O–H groups in total. The first kappa shape index (κ1) is 20.9. The maximum atomic E-state index is 10.7. The topological polar surface area (TPSA) is 72.0 Å². The molecule has 162 valence electrons. The Kier molecular flexibility index (Phi) is 5.37. The molecular weight excluding hydrogens is 406 g/mol. The maximum Gasteiger partial charge on any atom is 0.220 e. The van der Waals surface area contributed by atoms with E-state index in [1.54, 1.807) is 6.20 Å². The highest BCUT2D eigenvalue weighted by Gasteiger charge is 2.17. The summed E-state index contributed by atoms with van der Waals surface area (Å²) in [5, 5.41) is 11.3. The summed E-state index contributed by atoms with van der Waals surface area (Å²) in [5.41, 5.74) is 15.7. The van der Waals surface area contributed by atoms with Gasteiger partial charge in [0.15, 0.2) is 0 Å². The van der Waals surface area contributed by atoms with Gasteiger partial charge in [-0.25, -0.2) is 9.97 Å². The molecule has 0 aliphatic heterocycles. The quantitative estimate of drug-likeness (QED) is 0.345. The molecule has 0 saturated heterocycles. The third-order valence-electron chi connectivity index (χ3n) is 5.92. The summed E-state index contributed by atoms with van der Waals surface area (Å²) >= 11 is 0. The lowest BCUT2D eigenvalue weighted by Gasteiger charge is -2.15. The van der Waals surface area contributed by atoms with E-state index in [0.717, 1.165) is 44.6 Å². The number of hydrogen-bond acceptors (Lipinski definition) is 4. The molecule has 2 heterocycles. The van der Waals surface area contributed by atoms with Gasteiger partial charge in [0, 0.05) is 29.4 Å². The van der Waals surface area contributed by atoms with E-state index in [4.69, 9.17) is 10.7 Å². The molecule has 0 bridgehead atoms. The fraction of sp³-hybridized carbons (Fsp3) is 0.103. The molecule has 0 fully saturated rings. The van der Waals surface area contributed by atoms with Crippen LogP contribution in [0.1, 0.15) is 16.7 Å². The Morgan fingerprint density at radius 2 is 1.45 bits per heavy atom. The summed E-state index contributed by atoms with van der Waals surface area (Å²) in [6.45, 7) is 4.66. The number of nitrogens with zero attached hydrogens (tertiary/aromatic N) is 2. The van der Waals surface area contributed by atoms with Crippen molar-refractivity contribution >= 4 is 10.9 Å². The molecule has 0 radical (unpaired) electrons. The number of rotatable bonds is 4. The van der Waals surface area contributed by atoms with Crippen molar-refractivity contribution in [2.75, 3.05) is 0 Å². The van der Waals surface area contributed by atoms with E-state index in [9.17, 15) is 5.11 Å². The standard InChI is InChI=1S/C29H25N3O/c1-18-12-19(2)14-23(13-18)26-17-31-29(33)25-15-24(21-6-4-3-5-7-21)27(32-28(25)26)22-10-8-20(16-30)9-11-22/h3-15,17H,16,30H2,1-2H3,(H,31,33). The third-order valence-corrected chi connectivity index (χ3v) is 5.92. The zero-order valence-electron chi connectivity index (χ0n) is 18.7. The molecule has 5 aromatic rings. The molecule has 3 aromatic carbocycles. The summed E-state index contributed by atoms with van der Waals surface area (Å²) in [4.78, 5) is 9.45. The van der Waals surface area contributed by atoms with Gasteiger partial charge < -0.3 is 10.8 Å². The highest BCUT2D eigenvalue weighted by atomic mass is 16.3. The Balaban J connectivity index is 1.84. The summed E-state index contributed by atoms with van der Waals surface area (Å²) in [7, 11) is 0. The number of aromatic hydroxyl groups is 1. The highest BCUT2D eigenvalue weighted by molar-refractivity contribution is 6.01. The molecule has 2 aromatic heterocycles. The van der Waals surface area contributed by atoms with Crippen LogP contribution in [0.25, 0.3) is 44.4 Å². The van der Waals surface area contributed by atoms with Gasteiger partial charge in [-0.3, -0.25) is 0 Å². The van der Waals surface area contributed by atoms with E-state index in [1.807, 2.05) is 36.4 Å². The SMILES string of the molecule is Cc1cc(C)cc(-c2cnc(O)c3cc(-c4ccccc4)c(-c4ccc(CN)cc4)nc23)c1. The Hall–Kier alpha value is -4.02. The molecule has 0 atom stereocenters. The van der Waals surface area contributed by atoms with Crippen molar-refractivity contribution in [1.82, 2.24) is 9.97 Å². The predicted octanol–water partition coefficient (Wildman–Crippen LogP) is 6.41. The molecule has 0 unspecified atom stereocenters. The minimum absolute atomic E-state index is 0.0205. The molecule has 0 saturated carbocycles. The van der Waals surface area contributed by atoms with Gasteiger partial charge in [-0.05, 0) is 36.6 Å². The van der Waals surface area contributed by atoms with Crippen molar-refractivity contribution in [2.45, 2.75) is 20.4 Å². The molecule has 4 heteroatoms. The first-order chi connectivity index (χ1) is 16.0. The van der Waals surface area contributed by atoms with Gasteiger partial charge in [0.05, 0.1) is 16.6 Å². The normalized spacial score (nSPS) is 11.1. The Labute approximate surface area is 193 Å². The Morgan fingerprint density at radius 3 is 2.12 bits per heavy atom. The third kappa shape index (κ3) is 3.97. The van der Waals surface area contributed by atoms with E-state index >= 15 is 0 Å². The molecule has 4 nitrogen and oxygen atoms in total. The van der Waals surface area contributed by atoms with Crippen LogP contribution < -0.4 is 5.73 Å². The number of aromatic nitrogens is 2. The van der Waals surface area contributed by atoms with Crippen LogP contribution in [0.5, 0.6) is 5.88 Å². The predicted molar refractivity (Wildman–Crippen MR) is 135 cm³/mol. The van der Waals surface area contributed by atoms with Crippen LogP contribution in [0.15, 0.2) is 85.1 Å². The number of fused-ring (bicyclic) bond motifs is 1. The smallest absolute Gasteiger partial charge is 0.220 e. The number of nitrogens with two attached hydrogens (primary N) is 1. The number of aryl methyl sites for hydroxylation is 2. The summed E-state index contributed by atoms with van der Waals surface area (Å²) in [6, 6.07) is 26.7. The van der Waals surface area contributed by atoms with Crippen molar-refractivity contribution in [3.8, 4) is 39.4 Å². The number of benzene rings is 3. The average molecular weight is 432 g/mol. The highest BCUT2D eigenvalue weighted by Crippen LogP contribution is 2.39. The van der Waals surface area contributed by atoms with Crippen molar-refractivity contribution in [2.24, 2.45) is 5.73 Å². The van der Waals surface area contributed by atoms with E-state index in [-0.39, 0.29) is 5.88 Å². The lowest BCUT2D eigenvalue weighted by atomic mass is 9.95. The van der Waals surface area contributed by atoms with Crippen LogP contribution in [-0.4, -0.2) is 15.1 Å². The summed E-state index contributed by atoms with van der Waals surface area (Å²) in [5.74, 6) is -0.0205. The van der Waals surface area contributed by atoms with Gasteiger partial charge in [0.25, 0.3) is 0 Å². The maximum absolute atomic E-state index is 10.7. The second kappa shape index (κ2) is 8.49. The molecule has 33 heavy (non-hydrogen) atoms. The summed E-state index contributed by atoms with van der Waals surface area (Å²) < 4.78 is 0. The lowest BCUT2D eigenvalue weighted by molar-refractivity contribution is 0.460. The van der Waals surface area contributed by atoms with E-state index in [0.29, 0.717) is 11.9 Å². The van der Waals surface area contributed by atoms with Gasteiger partial charge >= 0.3 is 0 Å². The number of pyridine rings is 2. The van der Waals surface area contributed by atoms with E-state index in [1.165, 1.54) is 11.1 Å². The minimum atomic E-state index is -0.0205. The first-order valence-corrected chi connectivity index (χ1v) is 11.0. The Bertz CT molecular complexity index is 1440. The molecule has 5 rings (SSSR count). The van der Waals surface area contributed by atoms with Crippen molar-refractivity contribution < 1.29 is 5.11 Å². The largest absolute Gasteiger partial charge is 0.493 e. The summed E-state index contributed by atoms with van der Waals surface area (Å²) in [6.07, 6.45) is 1.71. The van der Waals surface area contributed by atoms with Crippen LogP contribution in [0.3, 0.4) is 0 Å². The fourth-order valence-electron chi connectivity index (χ4n) is 4.34. The van der Waals surface area contributed by atoms with Gasteiger partial charge in [-0.15, -0.1) is 0 Å².